The summed E-state index contributed by atoms with van der Waals surface area (Å²) in [5.41, 5.74) is -0.671. The summed E-state index contributed by atoms with van der Waals surface area (Å²) in [6.07, 6.45) is -4.58. The second kappa shape index (κ2) is 25.3. The van der Waals surface area contributed by atoms with Crippen molar-refractivity contribution in [1.82, 2.24) is 40.4 Å². The van der Waals surface area contributed by atoms with E-state index < -0.39 is 34.5 Å². The lowest BCUT2D eigenvalue weighted by atomic mass is 10.0. The zero-order valence-corrected chi connectivity index (χ0v) is 40.8. The fourth-order valence-electron chi connectivity index (χ4n) is 7.29. The molecule has 0 atom stereocenters. The van der Waals surface area contributed by atoms with E-state index in [1.165, 1.54) is 32.4 Å². The molecule has 0 unspecified atom stereocenters. The summed E-state index contributed by atoms with van der Waals surface area (Å²) in [5.74, 6) is -0.203. The molecule has 2 aliphatic rings. The molecule has 73 heavy (non-hydrogen) atoms. The lowest BCUT2D eigenvalue weighted by Crippen LogP contribution is -2.43. The van der Waals surface area contributed by atoms with Crippen LogP contribution >= 0.6 is 11.6 Å². The summed E-state index contributed by atoms with van der Waals surface area (Å²) in [5, 5.41) is 19.6. The normalized spacial score (nSPS) is 14.6. The van der Waals surface area contributed by atoms with Gasteiger partial charge in [0.05, 0.1) is 25.6 Å². The number of carbonyl (C=O) groups is 2. The van der Waals surface area contributed by atoms with Gasteiger partial charge in [-0.1, -0.05) is 48.0 Å². The molecule has 2 saturated heterocycles. The van der Waals surface area contributed by atoms with E-state index in [0.29, 0.717) is 52.1 Å². The number of phenols is 1. The molecule has 4 aromatic carbocycles. The van der Waals surface area contributed by atoms with Gasteiger partial charge in [0.15, 0.2) is 0 Å². The van der Waals surface area contributed by atoms with Gasteiger partial charge >= 0.3 is 12.4 Å². The van der Waals surface area contributed by atoms with E-state index in [1.54, 1.807) is 72.8 Å². The molecule has 2 aromatic heterocycles. The van der Waals surface area contributed by atoms with Crippen LogP contribution < -0.4 is 35.5 Å². The minimum Gasteiger partial charge on any atom is -0.508 e. The molecular formula is C50H53ClF6N10O6. The maximum Gasteiger partial charge on any atom is 0.423 e. The number of anilines is 4. The van der Waals surface area contributed by atoms with Gasteiger partial charge < -0.3 is 50.4 Å². The number of carbonyl (C=O) groups excluding carboxylic acids is 2. The minimum absolute atomic E-state index is 0.0982. The van der Waals surface area contributed by atoms with Gasteiger partial charge in [-0.2, -0.15) is 31.3 Å². The number of benzene rings is 4. The van der Waals surface area contributed by atoms with Crippen LogP contribution in [0.5, 0.6) is 28.9 Å². The van der Waals surface area contributed by atoms with Gasteiger partial charge in [0.1, 0.15) is 39.3 Å². The number of para-hydroxylation sites is 2. The van der Waals surface area contributed by atoms with Crippen molar-refractivity contribution in [2.45, 2.75) is 50.1 Å². The molecule has 2 fully saturated rings. The monoisotopic (exact) mass is 1040 g/mol. The topological polar surface area (TPSA) is 188 Å². The fraction of sp³-hybridized carbons (Fsp3) is 0.320. The molecule has 0 bridgehead atoms. The Balaban J connectivity index is 0.000000212. The number of hydrogen-bond acceptors (Lipinski definition) is 14. The van der Waals surface area contributed by atoms with Gasteiger partial charge in [-0.15, -0.1) is 0 Å². The third kappa shape index (κ3) is 16.3. The quantitative estimate of drug-likeness (QED) is 0.0575. The van der Waals surface area contributed by atoms with Crippen molar-refractivity contribution in [2.24, 2.45) is 0 Å². The number of ether oxygens (including phenoxy) is 3. The largest absolute Gasteiger partial charge is 0.508 e. The Hall–Kier alpha value is -7.43. The van der Waals surface area contributed by atoms with E-state index in [-0.39, 0.29) is 41.5 Å². The second-order valence-corrected chi connectivity index (χ2v) is 17.1. The molecule has 0 aliphatic carbocycles. The lowest BCUT2D eigenvalue weighted by molar-refractivity contribution is -0.139. The zero-order chi connectivity index (χ0) is 52.7. The molecule has 388 valence electrons. The van der Waals surface area contributed by atoms with Crippen molar-refractivity contribution in [3.05, 3.63) is 137 Å². The molecule has 0 spiro atoms. The Morgan fingerprint density at radius 1 is 0.630 bits per heavy atom. The number of likely N-dealkylation sites (tertiary alicyclic amines) is 2. The Morgan fingerprint density at radius 2 is 1.05 bits per heavy atom. The van der Waals surface area contributed by atoms with Gasteiger partial charge in [-0.25, -0.2) is 15.0 Å². The highest BCUT2D eigenvalue weighted by atomic mass is 35.5. The molecule has 2 amide bonds. The summed E-state index contributed by atoms with van der Waals surface area (Å²) in [6.45, 7) is 3.68. The predicted molar refractivity (Wildman–Crippen MR) is 262 cm³/mol. The van der Waals surface area contributed by atoms with Gasteiger partial charge in [0.25, 0.3) is 11.8 Å². The first-order valence-corrected chi connectivity index (χ1v) is 23.1. The summed E-state index contributed by atoms with van der Waals surface area (Å²) < 4.78 is 95.0. The van der Waals surface area contributed by atoms with Crippen LogP contribution in [0.4, 0.5) is 49.6 Å². The molecule has 0 saturated carbocycles. The van der Waals surface area contributed by atoms with Crippen molar-refractivity contribution in [2.75, 3.05) is 65.1 Å². The van der Waals surface area contributed by atoms with Crippen LogP contribution in [-0.4, -0.2) is 113 Å². The van der Waals surface area contributed by atoms with Gasteiger partial charge in [0, 0.05) is 35.6 Å². The van der Waals surface area contributed by atoms with Crippen LogP contribution in [0.3, 0.4) is 0 Å². The smallest absolute Gasteiger partial charge is 0.423 e. The third-order valence-electron chi connectivity index (χ3n) is 11.3. The molecule has 2 aliphatic heterocycles. The first-order valence-electron chi connectivity index (χ1n) is 22.7. The number of amides is 2. The molecule has 16 nitrogen and oxygen atoms in total. The van der Waals surface area contributed by atoms with Crippen LogP contribution in [0.25, 0.3) is 0 Å². The summed E-state index contributed by atoms with van der Waals surface area (Å²) in [6, 6.07) is 26.4. The maximum atomic E-state index is 13.5. The average Bonchev–Trinajstić information content (AvgIpc) is 3.36. The first-order chi connectivity index (χ1) is 34.8. The minimum atomic E-state index is -4.71. The summed E-state index contributed by atoms with van der Waals surface area (Å²) in [7, 11) is 6.93. The number of hydrogen-bond donors (Lipinski definition) is 5. The molecule has 0 radical (unpaired) electrons. The highest BCUT2D eigenvalue weighted by Crippen LogP contribution is 2.38. The first kappa shape index (κ1) is 54.9. The van der Waals surface area contributed by atoms with Crippen LogP contribution in [-0.2, 0) is 12.4 Å². The Bertz CT molecular complexity index is 2770. The third-order valence-corrected chi connectivity index (χ3v) is 11.6. The molecule has 23 heteroatoms. The van der Waals surface area contributed by atoms with Crippen molar-refractivity contribution in [3.8, 4) is 28.9 Å². The summed E-state index contributed by atoms with van der Waals surface area (Å²) >= 11 is 5.62. The average molecular weight is 1040 g/mol. The second-order valence-electron chi connectivity index (χ2n) is 16.7. The van der Waals surface area contributed by atoms with Crippen molar-refractivity contribution >= 4 is 46.7 Å². The molecule has 4 heterocycles. The van der Waals surface area contributed by atoms with E-state index in [9.17, 15) is 35.9 Å². The summed E-state index contributed by atoms with van der Waals surface area (Å²) in [4.78, 5) is 44.7. The number of halogens is 7. The molecular weight excluding hydrogens is 986 g/mol. The Labute approximate surface area is 422 Å². The van der Waals surface area contributed by atoms with Gasteiger partial charge in [0.2, 0.25) is 17.8 Å². The molecule has 8 rings (SSSR count). The molecule has 6 aromatic rings. The van der Waals surface area contributed by atoms with E-state index in [4.69, 9.17) is 30.9 Å². The SMILES string of the molecule is COc1cc(C(=O)NC2CCN(C)CC2)ccc1Nc1ncc(C(F)(F)F)c(Cl)n1.COc1cc(C(=O)NC2CCN(C)CC2)ccc1Nc1ncc(C(F)(F)F)c(Oc2ccccc2)n1.Oc1ccccc1. The van der Waals surface area contributed by atoms with E-state index in [1.807, 2.05) is 20.2 Å². The molecule has 5 N–H and O–H groups in total. The van der Waals surface area contributed by atoms with Gasteiger partial charge in [-0.05, 0) is 127 Å². The standard InChI is InChI=1S/C25H26F3N5O3.C19H21ClF3N5O2.C6H6O/c1-33-12-10-17(11-13-33)30-22(34)16-8-9-20(21(14-16)35-2)31-24-29-15-19(25(26,27)28)23(32-24)36-18-6-4-3-5-7-18;1-28-7-5-12(6-8-28)25-17(29)11-3-4-14(15(9-11)30-2)26-18-24-10-13(16(20)27-18)19(21,22)23;7-6-4-2-1-3-5-6/h3-9,14-15,17H,10-13H2,1-2H3,(H,30,34)(H,29,31,32);3-4,9-10,12H,5-8H2,1-2H3,(H,25,29)(H,24,26,27);1-5,7H. The van der Waals surface area contributed by atoms with Crippen molar-refractivity contribution in [3.63, 3.8) is 0 Å². The number of nitrogens with zero attached hydrogens (tertiary/aromatic N) is 6. The van der Waals surface area contributed by atoms with E-state index in [0.717, 1.165) is 51.9 Å². The predicted octanol–water partition coefficient (Wildman–Crippen LogP) is 9.98. The number of aromatic nitrogens is 4. The zero-order valence-electron chi connectivity index (χ0n) is 40.0. The maximum absolute atomic E-state index is 13.5. The number of alkyl halides is 6. The highest BCUT2D eigenvalue weighted by molar-refractivity contribution is 6.30. The van der Waals surface area contributed by atoms with Gasteiger partial charge in [-0.3, -0.25) is 9.59 Å². The fourth-order valence-corrected chi connectivity index (χ4v) is 7.53. The number of piperidine rings is 2. The number of rotatable bonds is 12. The van der Waals surface area contributed by atoms with Crippen molar-refractivity contribution < 1.29 is 55.2 Å². The number of aromatic hydroxyl groups is 1. The van der Waals surface area contributed by atoms with Crippen LogP contribution in [0, 0.1) is 0 Å². The van der Waals surface area contributed by atoms with Crippen LogP contribution in [0.1, 0.15) is 57.5 Å². The van der Waals surface area contributed by atoms with E-state index >= 15 is 0 Å². The number of phenolic OH excluding ortho intramolecular Hbond substituents is 1. The van der Waals surface area contributed by atoms with Crippen LogP contribution in [0.15, 0.2) is 109 Å². The lowest BCUT2D eigenvalue weighted by Gasteiger charge is -2.29. The van der Waals surface area contributed by atoms with Crippen LogP contribution in [0.2, 0.25) is 5.15 Å². The Kier molecular flexibility index (Phi) is 19.0. The van der Waals surface area contributed by atoms with Crippen molar-refractivity contribution in [1.29, 1.82) is 0 Å². The Morgan fingerprint density at radius 3 is 1.45 bits per heavy atom. The number of nitrogens with one attached hydrogen (secondary N) is 4. The van der Waals surface area contributed by atoms with E-state index in [2.05, 4.69) is 51.0 Å². The number of methoxy groups -OCH3 is 2. The highest BCUT2D eigenvalue weighted by Gasteiger charge is 2.37.